The Morgan fingerprint density at radius 2 is 0.617 bits per heavy atom. The van der Waals surface area contributed by atoms with Crippen molar-refractivity contribution in [1.29, 1.82) is 0 Å². The summed E-state index contributed by atoms with van der Waals surface area (Å²) in [6.45, 7) is 28.3. The number of anilines is 6. The Balaban J connectivity index is 1.15. The van der Waals surface area contributed by atoms with Gasteiger partial charge >= 0.3 is 0 Å². The number of nitrogens with zero attached hydrogens (tertiary/aromatic N) is 2. The zero-order valence-electron chi connectivity index (χ0n) is 49.0. The third-order valence-corrected chi connectivity index (χ3v) is 18.4. The van der Waals surface area contributed by atoms with Crippen LogP contribution in [0.3, 0.4) is 0 Å². The lowest BCUT2D eigenvalue weighted by Gasteiger charge is -2.46. The van der Waals surface area contributed by atoms with Crippen LogP contribution in [-0.4, -0.2) is 6.71 Å². The molecule has 0 aromatic heterocycles. The van der Waals surface area contributed by atoms with Gasteiger partial charge in [-0.25, -0.2) is 0 Å². The standard InChI is InChI=1S/C78H69BN2/c1-75(2,3)58-40-59(76(4,5)6)43-62(42-58)80-68-38-57(56-34-54-26-24-46-22-17-23-47-25-27-55(35-56)71(54)70(46)47)39-69-72(68)79(66-30-28-52-32-48-18-13-15-20-50(48)36-64(52)73(66)80)67-31-29-53-33-49-19-14-16-21-51(49)37-65(53)74(67)81(69)63-44-60(77(7,8)9)41-61(45-63)78(10,11)12/h13-45H,1-12H3. The van der Waals surface area contributed by atoms with Gasteiger partial charge in [-0.1, -0.05) is 210 Å². The summed E-state index contributed by atoms with van der Waals surface area (Å²) >= 11 is 0. The van der Waals surface area contributed by atoms with Crippen molar-refractivity contribution < 1.29 is 0 Å². The second-order valence-corrected chi connectivity index (χ2v) is 27.9. The van der Waals surface area contributed by atoms with Crippen LogP contribution in [0.2, 0.25) is 0 Å². The van der Waals surface area contributed by atoms with Crippen molar-refractivity contribution in [3.63, 3.8) is 0 Å². The fourth-order valence-corrected chi connectivity index (χ4v) is 13.8. The van der Waals surface area contributed by atoms with Crippen molar-refractivity contribution in [2.45, 2.75) is 105 Å². The lowest BCUT2D eigenvalue weighted by Crippen LogP contribution is -2.61. The van der Waals surface area contributed by atoms with Crippen LogP contribution in [0.25, 0.3) is 86.5 Å². The van der Waals surface area contributed by atoms with Gasteiger partial charge in [0.2, 0.25) is 0 Å². The van der Waals surface area contributed by atoms with Crippen LogP contribution < -0.4 is 26.2 Å². The summed E-state index contributed by atoms with van der Waals surface area (Å²) in [4.78, 5) is 5.43. The first-order valence-electron chi connectivity index (χ1n) is 29.3. The summed E-state index contributed by atoms with van der Waals surface area (Å²) in [5.74, 6) is 0. The molecule has 394 valence electrons. The zero-order valence-corrected chi connectivity index (χ0v) is 49.0. The molecule has 13 aromatic rings. The number of hydrogen-bond acceptors (Lipinski definition) is 2. The Morgan fingerprint density at radius 1 is 0.284 bits per heavy atom. The molecule has 0 N–H and O–H groups in total. The average molecular weight is 1050 g/mol. The molecule has 2 aliphatic heterocycles. The molecular weight excluding hydrogens is 976 g/mol. The summed E-state index contributed by atoms with van der Waals surface area (Å²) < 4.78 is 0. The van der Waals surface area contributed by atoms with E-state index < -0.39 is 0 Å². The van der Waals surface area contributed by atoms with Crippen molar-refractivity contribution in [3.05, 3.63) is 222 Å². The SMILES string of the molecule is CC(C)(C)c1cc(N2c3cc(-c4cc5ccc6cccc7ccc(c4)c5c67)cc4c3B(c3ccc5cc6ccccc6cc5c32)c2ccc3cc5ccccc5cc3c2N4c2cc(C(C)(C)C)cc(C(C)(C)C)c2)cc(C(C)(C)C)c1. The lowest BCUT2D eigenvalue weighted by molar-refractivity contribution is 0.568. The van der Waals surface area contributed by atoms with E-state index in [1.54, 1.807) is 0 Å². The van der Waals surface area contributed by atoms with Crippen LogP contribution in [-0.2, 0) is 21.7 Å². The van der Waals surface area contributed by atoms with Gasteiger partial charge in [0.15, 0.2) is 0 Å². The first kappa shape index (κ1) is 49.6. The highest BCUT2D eigenvalue weighted by atomic mass is 15.2. The lowest BCUT2D eigenvalue weighted by atomic mass is 9.33. The topological polar surface area (TPSA) is 6.48 Å². The fourth-order valence-electron chi connectivity index (χ4n) is 13.8. The highest BCUT2D eigenvalue weighted by Gasteiger charge is 2.45. The van der Waals surface area contributed by atoms with Crippen LogP contribution >= 0.6 is 0 Å². The van der Waals surface area contributed by atoms with E-state index in [4.69, 9.17) is 0 Å². The van der Waals surface area contributed by atoms with Crippen molar-refractivity contribution in [2.24, 2.45) is 0 Å². The van der Waals surface area contributed by atoms with Gasteiger partial charge in [0.05, 0.1) is 0 Å². The molecule has 2 aliphatic rings. The van der Waals surface area contributed by atoms with E-state index in [9.17, 15) is 0 Å². The first-order chi connectivity index (χ1) is 38.6. The smallest absolute Gasteiger partial charge is 0.252 e. The maximum absolute atomic E-state index is 2.71. The molecule has 0 unspecified atom stereocenters. The van der Waals surface area contributed by atoms with E-state index in [2.05, 4.69) is 293 Å². The summed E-state index contributed by atoms with van der Waals surface area (Å²) in [5.41, 5.74) is 18.6. The maximum atomic E-state index is 2.71. The molecule has 0 spiro atoms. The first-order valence-corrected chi connectivity index (χ1v) is 29.3. The van der Waals surface area contributed by atoms with Crippen LogP contribution in [0.5, 0.6) is 0 Å². The largest absolute Gasteiger partial charge is 0.311 e. The molecule has 0 aliphatic carbocycles. The number of fused-ring (bicyclic) bond motifs is 10. The van der Waals surface area contributed by atoms with Gasteiger partial charge in [0, 0.05) is 44.9 Å². The number of hydrogen-bond donors (Lipinski definition) is 0. The molecule has 0 saturated heterocycles. The molecule has 0 atom stereocenters. The predicted molar refractivity (Wildman–Crippen MR) is 354 cm³/mol. The van der Waals surface area contributed by atoms with Gasteiger partial charge in [0.1, 0.15) is 0 Å². The second-order valence-electron chi connectivity index (χ2n) is 27.9. The Bertz CT molecular complexity index is 4460. The van der Waals surface area contributed by atoms with Gasteiger partial charge in [-0.3, -0.25) is 0 Å². The fraction of sp³-hybridized carbons (Fsp3) is 0.205. The molecule has 13 aromatic carbocycles. The minimum absolute atomic E-state index is 0.0976. The molecule has 0 saturated carbocycles. The summed E-state index contributed by atoms with van der Waals surface area (Å²) in [6.07, 6.45) is 0. The third kappa shape index (κ3) is 7.75. The highest BCUT2D eigenvalue weighted by molar-refractivity contribution is 7.00. The van der Waals surface area contributed by atoms with E-state index in [1.165, 1.54) is 159 Å². The predicted octanol–water partition coefficient (Wildman–Crippen LogP) is 20.1. The normalized spacial score (nSPS) is 13.9. The van der Waals surface area contributed by atoms with E-state index in [0.717, 1.165) is 0 Å². The van der Waals surface area contributed by atoms with Crippen molar-refractivity contribution >= 4 is 133 Å². The molecule has 0 radical (unpaired) electrons. The molecular formula is C78H69BN2. The number of rotatable bonds is 3. The van der Waals surface area contributed by atoms with Crippen LogP contribution in [0, 0.1) is 0 Å². The van der Waals surface area contributed by atoms with Crippen LogP contribution in [0.1, 0.15) is 105 Å². The van der Waals surface area contributed by atoms with Gasteiger partial charge in [-0.15, -0.1) is 0 Å². The molecule has 0 fully saturated rings. The quantitative estimate of drug-likeness (QED) is 0.0988. The molecule has 2 heterocycles. The molecule has 3 heteroatoms. The van der Waals surface area contributed by atoms with Crippen LogP contribution in [0.4, 0.5) is 34.1 Å². The number of benzene rings is 13. The zero-order chi connectivity index (χ0) is 55.8. The van der Waals surface area contributed by atoms with Gasteiger partial charge < -0.3 is 9.80 Å². The van der Waals surface area contributed by atoms with E-state index in [1.807, 2.05) is 0 Å². The van der Waals surface area contributed by atoms with Crippen molar-refractivity contribution in [3.8, 4) is 11.1 Å². The maximum Gasteiger partial charge on any atom is 0.252 e. The Morgan fingerprint density at radius 3 is 1.01 bits per heavy atom. The van der Waals surface area contributed by atoms with Crippen molar-refractivity contribution in [2.75, 3.05) is 9.80 Å². The van der Waals surface area contributed by atoms with Gasteiger partial charge in [-0.2, -0.15) is 0 Å². The minimum atomic E-state index is -0.110. The summed E-state index contributed by atoms with van der Waals surface area (Å²) in [7, 11) is 0. The van der Waals surface area contributed by atoms with Crippen molar-refractivity contribution in [1.82, 2.24) is 0 Å². The average Bonchev–Trinajstić information content (AvgIpc) is 2.58. The molecule has 2 nitrogen and oxygen atoms in total. The molecule has 81 heavy (non-hydrogen) atoms. The van der Waals surface area contributed by atoms with Crippen LogP contribution in [0.15, 0.2) is 200 Å². The van der Waals surface area contributed by atoms with Gasteiger partial charge in [0.25, 0.3) is 6.71 Å². The minimum Gasteiger partial charge on any atom is -0.311 e. The van der Waals surface area contributed by atoms with E-state index in [-0.39, 0.29) is 28.4 Å². The van der Waals surface area contributed by atoms with E-state index >= 15 is 0 Å². The monoisotopic (exact) mass is 1040 g/mol. The Hall–Kier alpha value is -8.40. The highest BCUT2D eigenvalue weighted by Crippen LogP contribution is 2.52. The summed E-state index contributed by atoms with van der Waals surface area (Å²) in [6, 6.07) is 78.6. The molecule has 0 bridgehead atoms. The Labute approximate surface area is 478 Å². The van der Waals surface area contributed by atoms with Gasteiger partial charge in [-0.05, 0) is 209 Å². The van der Waals surface area contributed by atoms with E-state index in [0.29, 0.717) is 0 Å². The molecule has 0 amide bonds. The summed E-state index contributed by atoms with van der Waals surface area (Å²) in [5, 5.41) is 17.7. The molecule has 15 rings (SSSR count). The Kier molecular flexibility index (Phi) is 10.5. The third-order valence-electron chi connectivity index (χ3n) is 18.4. The second kappa shape index (κ2) is 17.1.